The van der Waals surface area contributed by atoms with Crippen LogP contribution in [0.3, 0.4) is 0 Å². The van der Waals surface area contributed by atoms with E-state index in [0.29, 0.717) is 5.56 Å². The molecular weight excluding hydrogens is 234 g/mol. The van der Waals surface area contributed by atoms with Gasteiger partial charge < -0.3 is 10.8 Å². The zero-order valence-electron chi connectivity index (χ0n) is 8.96. The Hall–Kier alpha value is -1.94. The van der Waals surface area contributed by atoms with Crippen LogP contribution in [0.4, 0.5) is 5.69 Å². The zero-order chi connectivity index (χ0) is 12.3. The molecule has 0 aliphatic carbocycles. The van der Waals surface area contributed by atoms with Crippen molar-refractivity contribution < 1.29 is 9.90 Å². The number of nitrogen functional groups attached to an aromatic ring is 1. The molecule has 4 heteroatoms. The van der Waals surface area contributed by atoms with Gasteiger partial charge in [0.1, 0.15) is 0 Å². The first kappa shape index (κ1) is 11.5. The third kappa shape index (κ3) is 3.01. The van der Waals surface area contributed by atoms with Gasteiger partial charge in [-0.05, 0) is 48.5 Å². The monoisotopic (exact) mass is 245 g/mol. The second-order valence-electron chi connectivity index (χ2n) is 3.50. The molecule has 0 fully saturated rings. The van der Waals surface area contributed by atoms with Gasteiger partial charge in [0.05, 0.1) is 5.56 Å². The van der Waals surface area contributed by atoms with Crippen molar-refractivity contribution in [1.82, 2.24) is 0 Å². The molecule has 0 spiro atoms. The predicted octanol–water partition coefficient (Wildman–Crippen LogP) is 3.12. The van der Waals surface area contributed by atoms with Gasteiger partial charge in [0.15, 0.2) is 0 Å². The van der Waals surface area contributed by atoms with E-state index in [1.54, 1.807) is 36.0 Å². The third-order valence-electron chi connectivity index (χ3n) is 2.22. The molecule has 0 atom stereocenters. The SMILES string of the molecule is Nc1ccc(Sc2ccc(C(=O)O)cc2)cc1. The summed E-state index contributed by atoms with van der Waals surface area (Å²) < 4.78 is 0. The van der Waals surface area contributed by atoms with E-state index in [9.17, 15) is 4.79 Å². The average molecular weight is 245 g/mol. The Morgan fingerprint density at radius 1 is 0.941 bits per heavy atom. The molecule has 86 valence electrons. The van der Waals surface area contributed by atoms with Crippen molar-refractivity contribution in [3.8, 4) is 0 Å². The van der Waals surface area contributed by atoms with E-state index < -0.39 is 5.97 Å². The fraction of sp³-hybridized carbons (Fsp3) is 0. The minimum absolute atomic E-state index is 0.298. The number of carbonyl (C=O) groups is 1. The Bertz CT molecular complexity index is 520. The first-order chi connectivity index (χ1) is 8.15. The molecule has 0 aliphatic rings. The largest absolute Gasteiger partial charge is 0.478 e. The van der Waals surface area contributed by atoms with Gasteiger partial charge in [0.2, 0.25) is 0 Å². The van der Waals surface area contributed by atoms with Crippen LogP contribution in [-0.4, -0.2) is 11.1 Å². The average Bonchev–Trinajstić information content (AvgIpc) is 2.33. The first-order valence-corrected chi connectivity index (χ1v) is 5.83. The van der Waals surface area contributed by atoms with Crippen LogP contribution < -0.4 is 5.73 Å². The summed E-state index contributed by atoms with van der Waals surface area (Å²) in [6.07, 6.45) is 0. The summed E-state index contributed by atoms with van der Waals surface area (Å²) in [5.41, 5.74) is 6.63. The van der Waals surface area contributed by atoms with Gasteiger partial charge in [0, 0.05) is 15.5 Å². The smallest absolute Gasteiger partial charge is 0.335 e. The van der Waals surface area contributed by atoms with E-state index in [1.165, 1.54) is 0 Å². The highest BCUT2D eigenvalue weighted by atomic mass is 32.2. The molecule has 0 saturated heterocycles. The van der Waals surface area contributed by atoms with E-state index in [0.717, 1.165) is 15.5 Å². The Balaban J connectivity index is 2.13. The highest BCUT2D eigenvalue weighted by Crippen LogP contribution is 2.28. The summed E-state index contributed by atoms with van der Waals surface area (Å²) >= 11 is 1.57. The maximum atomic E-state index is 10.7. The van der Waals surface area contributed by atoms with Crippen LogP contribution in [0.5, 0.6) is 0 Å². The van der Waals surface area contributed by atoms with Gasteiger partial charge in [-0.15, -0.1) is 0 Å². The van der Waals surface area contributed by atoms with E-state index in [-0.39, 0.29) is 0 Å². The van der Waals surface area contributed by atoms with Crippen LogP contribution in [-0.2, 0) is 0 Å². The van der Waals surface area contributed by atoms with Crippen LogP contribution >= 0.6 is 11.8 Å². The Kier molecular flexibility index (Phi) is 3.35. The number of rotatable bonds is 3. The topological polar surface area (TPSA) is 63.3 Å². The number of anilines is 1. The van der Waals surface area contributed by atoms with E-state index in [1.807, 2.05) is 24.3 Å². The molecule has 3 N–H and O–H groups in total. The Labute approximate surface area is 103 Å². The highest BCUT2D eigenvalue weighted by Gasteiger charge is 2.02. The zero-order valence-corrected chi connectivity index (χ0v) is 9.78. The fourth-order valence-electron chi connectivity index (χ4n) is 1.34. The lowest BCUT2D eigenvalue weighted by atomic mass is 10.2. The highest BCUT2D eigenvalue weighted by molar-refractivity contribution is 7.99. The summed E-state index contributed by atoms with van der Waals surface area (Å²) in [4.78, 5) is 12.8. The lowest BCUT2D eigenvalue weighted by molar-refractivity contribution is 0.0697. The summed E-state index contributed by atoms with van der Waals surface area (Å²) in [6.45, 7) is 0. The van der Waals surface area contributed by atoms with Crippen LogP contribution in [0.25, 0.3) is 0 Å². The van der Waals surface area contributed by atoms with Crippen LogP contribution in [0, 0.1) is 0 Å². The van der Waals surface area contributed by atoms with Gasteiger partial charge >= 0.3 is 5.97 Å². The summed E-state index contributed by atoms with van der Waals surface area (Å²) in [7, 11) is 0. The van der Waals surface area contributed by atoms with E-state index in [2.05, 4.69) is 0 Å². The lowest BCUT2D eigenvalue weighted by Crippen LogP contribution is -1.94. The van der Waals surface area contributed by atoms with Gasteiger partial charge in [-0.1, -0.05) is 11.8 Å². The van der Waals surface area contributed by atoms with Crippen molar-refractivity contribution in [3.05, 3.63) is 54.1 Å². The maximum Gasteiger partial charge on any atom is 0.335 e. The number of hydrogen-bond donors (Lipinski definition) is 2. The second kappa shape index (κ2) is 4.93. The second-order valence-corrected chi connectivity index (χ2v) is 4.65. The molecule has 2 aromatic carbocycles. The molecule has 0 radical (unpaired) electrons. The van der Waals surface area contributed by atoms with Crippen LogP contribution in [0.15, 0.2) is 58.3 Å². The molecule has 0 bridgehead atoms. The fourth-order valence-corrected chi connectivity index (χ4v) is 2.15. The van der Waals surface area contributed by atoms with Gasteiger partial charge in [0.25, 0.3) is 0 Å². The van der Waals surface area contributed by atoms with Crippen molar-refractivity contribution in [1.29, 1.82) is 0 Å². The molecule has 17 heavy (non-hydrogen) atoms. The number of carboxylic acid groups (broad SMARTS) is 1. The van der Waals surface area contributed by atoms with Crippen molar-refractivity contribution in [2.75, 3.05) is 5.73 Å². The normalized spacial score (nSPS) is 10.1. The lowest BCUT2D eigenvalue weighted by Gasteiger charge is -2.02. The molecule has 2 rings (SSSR count). The van der Waals surface area contributed by atoms with Crippen LogP contribution in [0.1, 0.15) is 10.4 Å². The van der Waals surface area contributed by atoms with Crippen molar-refractivity contribution in [2.45, 2.75) is 9.79 Å². The Morgan fingerprint density at radius 2 is 1.41 bits per heavy atom. The molecule has 0 heterocycles. The number of hydrogen-bond acceptors (Lipinski definition) is 3. The standard InChI is InChI=1S/C13H11NO2S/c14-10-3-7-12(8-4-10)17-11-5-1-9(2-6-11)13(15)16/h1-8H,14H2,(H,15,16). The molecule has 2 aromatic rings. The molecule has 3 nitrogen and oxygen atoms in total. The number of carboxylic acids is 1. The van der Waals surface area contributed by atoms with Crippen LogP contribution in [0.2, 0.25) is 0 Å². The molecule has 0 saturated carbocycles. The van der Waals surface area contributed by atoms with Crippen molar-refractivity contribution in [3.63, 3.8) is 0 Å². The maximum absolute atomic E-state index is 10.7. The van der Waals surface area contributed by atoms with Gasteiger partial charge in [-0.3, -0.25) is 0 Å². The summed E-state index contributed by atoms with van der Waals surface area (Å²) in [5.74, 6) is -0.908. The van der Waals surface area contributed by atoms with E-state index in [4.69, 9.17) is 10.8 Å². The number of nitrogens with two attached hydrogens (primary N) is 1. The van der Waals surface area contributed by atoms with Crippen molar-refractivity contribution in [2.24, 2.45) is 0 Å². The summed E-state index contributed by atoms with van der Waals surface area (Å²) in [6, 6.07) is 14.3. The molecule has 0 amide bonds. The quantitative estimate of drug-likeness (QED) is 0.815. The number of benzene rings is 2. The third-order valence-corrected chi connectivity index (χ3v) is 3.23. The van der Waals surface area contributed by atoms with E-state index >= 15 is 0 Å². The minimum Gasteiger partial charge on any atom is -0.478 e. The molecule has 0 aromatic heterocycles. The van der Waals surface area contributed by atoms with Gasteiger partial charge in [-0.25, -0.2) is 4.79 Å². The minimum atomic E-state index is -0.908. The number of aromatic carboxylic acids is 1. The summed E-state index contributed by atoms with van der Waals surface area (Å²) in [5, 5.41) is 8.78. The molecule has 0 aliphatic heterocycles. The van der Waals surface area contributed by atoms with Gasteiger partial charge in [-0.2, -0.15) is 0 Å². The molecular formula is C13H11NO2S. The predicted molar refractivity (Wildman–Crippen MR) is 68.4 cm³/mol. The Morgan fingerprint density at radius 3 is 1.88 bits per heavy atom. The molecule has 0 unspecified atom stereocenters. The van der Waals surface area contributed by atoms with Crippen molar-refractivity contribution >= 4 is 23.4 Å². The first-order valence-electron chi connectivity index (χ1n) is 5.02.